The first kappa shape index (κ1) is 21.2. The van der Waals surface area contributed by atoms with Gasteiger partial charge in [-0.05, 0) is 43.7 Å². The summed E-state index contributed by atoms with van der Waals surface area (Å²) < 4.78 is 46.0. The monoisotopic (exact) mass is 554 g/mol. The Balaban J connectivity index is 1.41. The van der Waals surface area contributed by atoms with Crippen molar-refractivity contribution in [3.05, 3.63) is 34.9 Å². The zero-order chi connectivity index (χ0) is 31.8. The van der Waals surface area contributed by atoms with E-state index in [0.717, 1.165) is 0 Å². The van der Waals surface area contributed by atoms with Gasteiger partial charge in [0.05, 0.1) is 38.2 Å². The molecule has 0 spiro atoms. The molecule has 4 atom stereocenters. The molecule has 3 N–H and O–H groups in total. The molecule has 2 saturated carbocycles. The van der Waals surface area contributed by atoms with Gasteiger partial charge in [0.2, 0.25) is 5.88 Å². The highest BCUT2D eigenvalue weighted by atomic mass is 16.5. The fourth-order valence-electron chi connectivity index (χ4n) is 5.59. The maximum atomic E-state index is 13.5. The van der Waals surface area contributed by atoms with Gasteiger partial charge in [-0.15, -0.1) is 5.10 Å². The lowest BCUT2D eigenvalue weighted by atomic mass is 10.2. The topological polar surface area (TPSA) is 167 Å². The zero-order valence-electron chi connectivity index (χ0n) is 26.0. The number of pyridine rings is 2. The third-order valence-electron chi connectivity index (χ3n) is 7.82. The summed E-state index contributed by atoms with van der Waals surface area (Å²) in [5.41, 5.74) is -1.41. The van der Waals surface area contributed by atoms with Crippen molar-refractivity contribution in [1.29, 1.82) is 0 Å². The molecule has 0 saturated heterocycles. The Morgan fingerprint density at radius 3 is 2.73 bits per heavy atom. The van der Waals surface area contributed by atoms with Crippen LogP contribution in [0.2, 0.25) is 0 Å². The number of amides is 1. The molecule has 4 aromatic rings. The average Bonchev–Trinajstić information content (AvgIpc) is 3.20. The van der Waals surface area contributed by atoms with Gasteiger partial charge in [-0.3, -0.25) is 9.13 Å². The number of carbonyl (C=O) groups is 2. The van der Waals surface area contributed by atoms with Crippen molar-refractivity contribution in [2.24, 2.45) is 12.9 Å². The molecule has 210 valence electrons. The van der Waals surface area contributed by atoms with Gasteiger partial charge in [0.1, 0.15) is 11.6 Å². The fourth-order valence-corrected chi connectivity index (χ4v) is 5.59. The molecule has 40 heavy (non-hydrogen) atoms. The normalized spacial score (nSPS) is 27.5. The number of imidazole rings is 1. The number of alkyl carbamates (subject to hydrolysis) is 1. The number of aryl methyl sites for hydroxylation is 1. The van der Waals surface area contributed by atoms with Crippen molar-refractivity contribution in [1.82, 2.24) is 34.2 Å². The first-order chi connectivity index (χ1) is 20.7. The summed E-state index contributed by atoms with van der Waals surface area (Å²) in [5.74, 6) is -0.437. The molecule has 2 aliphatic rings. The van der Waals surface area contributed by atoms with Crippen LogP contribution in [0.5, 0.6) is 5.88 Å². The van der Waals surface area contributed by atoms with Crippen LogP contribution < -0.4 is 21.1 Å². The van der Waals surface area contributed by atoms with E-state index in [1.165, 1.54) is 35.7 Å². The van der Waals surface area contributed by atoms with E-state index in [0.29, 0.717) is 34.3 Å². The van der Waals surface area contributed by atoms with Gasteiger partial charge >= 0.3 is 17.8 Å². The maximum Gasteiger partial charge on any atom is 0.407 e. The number of carboxylic acids is 1. The van der Waals surface area contributed by atoms with Crippen molar-refractivity contribution >= 4 is 45.8 Å². The Kier molecular flexibility index (Phi) is 4.91. The molecule has 4 heterocycles. The summed E-state index contributed by atoms with van der Waals surface area (Å²) in [6.45, 7) is -0.983. The quantitative estimate of drug-likeness (QED) is 0.309. The first-order valence-electron chi connectivity index (χ1n) is 14.7. The number of hydrogen-bond donors (Lipinski definition) is 3. The van der Waals surface area contributed by atoms with Crippen LogP contribution in [0.1, 0.15) is 44.1 Å². The Labute approximate surface area is 233 Å². The summed E-state index contributed by atoms with van der Waals surface area (Å²) in [4.78, 5) is 46.5. The second kappa shape index (κ2) is 9.24. The zero-order valence-corrected chi connectivity index (χ0v) is 22.0. The van der Waals surface area contributed by atoms with E-state index in [2.05, 4.69) is 30.4 Å². The predicted octanol–water partition coefficient (Wildman–Crippen LogP) is 2.50. The number of fused-ring (bicyclic) bond motifs is 2. The Bertz CT molecular complexity index is 1890. The number of aliphatic carboxylic acids is 1. The smallest absolute Gasteiger partial charge is 0.407 e. The third kappa shape index (κ3) is 3.85. The van der Waals surface area contributed by atoms with Crippen molar-refractivity contribution in [3.63, 3.8) is 0 Å². The molecule has 4 aromatic heterocycles. The number of carbonyl (C=O) groups excluding carboxylic acids is 1. The lowest BCUT2D eigenvalue weighted by Crippen LogP contribution is -2.33. The highest BCUT2D eigenvalue weighted by Gasteiger charge is 2.61. The summed E-state index contributed by atoms with van der Waals surface area (Å²) in [5, 5.41) is 20.5. The molecular weight excluding hydrogens is 520 g/mol. The molecule has 0 unspecified atom stereocenters. The molecule has 14 heteroatoms. The summed E-state index contributed by atoms with van der Waals surface area (Å²) in [7, 11) is 2.63. The summed E-state index contributed by atoms with van der Waals surface area (Å²) >= 11 is 0. The maximum absolute atomic E-state index is 13.5. The average molecular weight is 555 g/mol. The highest BCUT2D eigenvalue weighted by Crippen LogP contribution is 2.51. The number of nitrogens with zero attached hydrogens (tertiary/aromatic N) is 6. The molecule has 0 aliphatic heterocycles. The van der Waals surface area contributed by atoms with E-state index in [-0.39, 0.29) is 41.5 Å². The number of nitrogens with one attached hydrogen (secondary N) is 2. The number of methoxy groups -OCH3 is 2. The molecule has 1 amide bonds. The minimum Gasteiger partial charge on any atom is -0.479 e. The van der Waals surface area contributed by atoms with E-state index in [1.54, 1.807) is 12.1 Å². The Hall–Kier alpha value is -4.62. The van der Waals surface area contributed by atoms with Crippen molar-refractivity contribution in [2.45, 2.75) is 50.2 Å². The van der Waals surface area contributed by atoms with Crippen LogP contribution >= 0.6 is 0 Å². The van der Waals surface area contributed by atoms with E-state index >= 15 is 0 Å². The molecule has 0 aromatic carbocycles. The molecule has 6 rings (SSSR count). The van der Waals surface area contributed by atoms with Crippen LogP contribution in [0.4, 0.5) is 16.4 Å². The Morgan fingerprint density at radius 1 is 1.25 bits per heavy atom. The van der Waals surface area contributed by atoms with Gasteiger partial charge in [0.15, 0.2) is 11.2 Å². The summed E-state index contributed by atoms with van der Waals surface area (Å²) in [6.07, 6.45) is 1.46. The van der Waals surface area contributed by atoms with Crippen LogP contribution in [0, 0.1) is 5.92 Å². The number of hydrogen-bond acceptors (Lipinski definition) is 9. The standard InChI is InChI=1S/C26H30N8O6/c1-13-11-26(13,23(35)36)34-21-16(22(31-34)39-3)7-8-19(30-21)29-20-10-17-18(12-27-20)32(2)25(38)33(17)15-6-5-14(9-15)28-24(37)40-4/h7-8,10,12-15H,5-6,9,11H2,1-4H3,(H,28,37)(H,35,36)(H,27,29,30)/t13-,14+,15+,26-/m0/s1/i2D3,14D. The van der Waals surface area contributed by atoms with Crippen molar-refractivity contribution < 1.29 is 29.7 Å². The van der Waals surface area contributed by atoms with Gasteiger partial charge in [0.25, 0.3) is 0 Å². The van der Waals surface area contributed by atoms with E-state index < -0.39 is 42.3 Å². The second-order valence-corrected chi connectivity index (χ2v) is 10.1. The van der Waals surface area contributed by atoms with Crippen LogP contribution in [0.15, 0.2) is 29.2 Å². The number of aromatic nitrogens is 6. The van der Waals surface area contributed by atoms with Gasteiger partial charge in [-0.2, -0.15) is 0 Å². The molecule has 2 fully saturated rings. The molecule has 0 bridgehead atoms. The SMILES string of the molecule is [2H]C([2H])([2H])n1c(=O)n([C@@H]2CC[C@@]([2H])(NC(=O)OC)C2)c2cc(Nc3ccc4c(OC)nn([C@@]5(C(=O)O)C[C@@H]5C)c4n3)ncc21. The Morgan fingerprint density at radius 2 is 2.05 bits per heavy atom. The molecule has 14 nitrogen and oxygen atoms in total. The van der Waals surface area contributed by atoms with Crippen LogP contribution in [-0.4, -0.2) is 66.3 Å². The minimum absolute atomic E-state index is 0.0427. The van der Waals surface area contributed by atoms with E-state index in [9.17, 15) is 19.5 Å². The number of anilines is 2. The van der Waals surface area contributed by atoms with Crippen molar-refractivity contribution in [2.75, 3.05) is 19.5 Å². The fraction of sp³-hybridized carbons (Fsp3) is 0.462. The van der Waals surface area contributed by atoms with Crippen LogP contribution in [0.25, 0.3) is 22.1 Å². The van der Waals surface area contributed by atoms with Crippen molar-refractivity contribution in [3.8, 4) is 5.88 Å². The van der Waals surface area contributed by atoms with Gasteiger partial charge in [0, 0.05) is 29.2 Å². The van der Waals surface area contributed by atoms with E-state index in [4.69, 9.17) is 10.2 Å². The van der Waals surface area contributed by atoms with Gasteiger partial charge in [-0.1, -0.05) is 6.92 Å². The first-order valence-corrected chi connectivity index (χ1v) is 12.7. The largest absolute Gasteiger partial charge is 0.479 e. The molecular formula is C26H30N8O6. The lowest BCUT2D eigenvalue weighted by molar-refractivity contribution is -0.143. The summed E-state index contributed by atoms with van der Waals surface area (Å²) in [6, 6.07) is 2.84. The van der Waals surface area contributed by atoms with Gasteiger partial charge in [-0.25, -0.2) is 29.0 Å². The van der Waals surface area contributed by atoms with Crippen LogP contribution in [0.3, 0.4) is 0 Å². The second-order valence-electron chi connectivity index (χ2n) is 10.1. The van der Waals surface area contributed by atoms with Gasteiger partial charge < -0.3 is 25.2 Å². The van der Waals surface area contributed by atoms with E-state index in [1.807, 2.05) is 6.92 Å². The number of ether oxygens (including phenoxy) is 2. The number of carboxylic acid groups (broad SMARTS) is 1. The molecule has 0 radical (unpaired) electrons. The lowest BCUT2D eigenvalue weighted by Gasteiger charge is -2.14. The third-order valence-corrected chi connectivity index (χ3v) is 7.82. The number of rotatable bonds is 7. The molecule has 2 aliphatic carbocycles. The van der Waals surface area contributed by atoms with Crippen LogP contribution in [-0.2, 0) is 22.0 Å². The predicted molar refractivity (Wildman–Crippen MR) is 144 cm³/mol. The highest BCUT2D eigenvalue weighted by molar-refractivity contribution is 5.88. The minimum atomic E-state index is -2.80.